The third-order valence-corrected chi connectivity index (χ3v) is 2.02. The van der Waals surface area contributed by atoms with Crippen molar-refractivity contribution in [3.8, 4) is 5.75 Å². The van der Waals surface area contributed by atoms with Gasteiger partial charge in [-0.1, -0.05) is 0 Å². The summed E-state index contributed by atoms with van der Waals surface area (Å²) in [7, 11) is 0. The molecule has 5 N–H and O–H groups in total. The van der Waals surface area contributed by atoms with Gasteiger partial charge in [-0.3, -0.25) is 4.79 Å². The molecule has 0 aromatic heterocycles. The fourth-order valence-electron chi connectivity index (χ4n) is 1.10. The molecule has 0 fully saturated rings. The predicted octanol–water partition coefficient (Wildman–Crippen LogP) is 0.332. The number of carbonyl (C=O) groups is 1. The Morgan fingerprint density at radius 3 is 2.71 bits per heavy atom. The van der Waals surface area contributed by atoms with E-state index in [-0.39, 0.29) is 17.0 Å². The van der Waals surface area contributed by atoms with Crippen molar-refractivity contribution in [2.75, 3.05) is 18.9 Å². The molecule has 7 heteroatoms. The van der Waals surface area contributed by atoms with Crippen molar-refractivity contribution in [3.05, 3.63) is 23.8 Å². The van der Waals surface area contributed by atoms with Gasteiger partial charge in [0.25, 0.3) is 11.8 Å². The molecule has 5 nitrogen and oxygen atoms in total. The van der Waals surface area contributed by atoms with Crippen LogP contribution in [0.15, 0.2) is 18.2 Å². The quantitative estimate of drug-likeness (QED) is 0.455. The number of nitrogen functional groups attached to an aromatic ring is 1. The van der Waals surface area contributed by atoms with Gasteiger partial charge in [0, 0.05) is 5.69 Å². The first kappa shape index (κ1) is 13.2. The van der Waals surface area contributed by atoms with Crippen LogP contribution in [0.1, 0.15) is 10.4 Å². The first-order valence-electron chi connectivity index (χ1n) is 4.71. The Morgan fingerprint density at radius 1 is 1.47 bits per heavy atom. The highest BCUT2D eigenvalue weighted by atomic mass is 19.3. The van der Waals surface area contributed by atoms with Crippen LogP contribution in [0.2, 0.25) is 0 Å². The molecule has 1 rings (SSSR count). The summed E-state index contributed by atoms with van der Waals surface area (Å²) in [5.41, 5.74) is 5.42. The van der Waals surface area contributed by atoms with Crippen LogP contribution in [0.5, 0.6) is 5.75 Å². The topological polar surface area (TPSA) is 95.6 Å². The van der Waals surface area contributed by atoms with E-state index in [9.17, 15) is 13.6 Å². The SMILES string of the molecule is Nc1ccc(O)cc1C(=O)NCC(F)(F)CO. The Kier molecular flexibility index (Phi) is 3.84. The van der Waals surface area contributed by atoms with Gasteiger partial charge in [-0.25, -0.2) is 8.78 Å². The van der Waals surface area contributed by atoms with Gasteiger partial charge in [0.1, 0.15) is 12.4 Å². The van der Waals surface area contributed by atoms with Crippen LogP contribution in [0.3, 0.4) is 0 Å². The second kappa shape index (κ2) is 4.96. The second-order valence-corrected chi connectivity index (χ2v) is 3.47. The van der Waals surface area contributed by atoms with E-state index in [1.54, 1.807) is 0 Å². The third kappa shape index (κ3) is 3.56. The first-order valence-corrected chi connectivity index (χ1v) is 4.71. The Hall–Kier alpha value is -1.89. The van der Waals surface area contributed by atoms with E-state index in [0.29, 0.717) is 0 Å². The largest absolute Gasteiger partial charge is 0.508 e. The number of benzene rings is 1. The lowest BCUT2D eigenvalue weighted by molar-refractivity contribution is -0.0461. The van der Waals surface area contributed by atoms with Crippen molar-refractivity contribution in [1.82, 2.24) is 5.32 Å². The van der Waals surface area contributed by atoms with Crippen molar-refractivity contribution in [2.45, 2.75) is 5.92 Å². The Labute approximate surface area is 95.9 Å². The van der Waals surface area contributed by atoms with E-state index >= 15 is 0 Å². The molecule has 94 valence electrons. The number of phenols is 1. The predicted molar refractivity (Wildman–Crippen MR) is 56.9 cm³/mol. The molecule has 0 spiro atoms. The average molecular weight is 246 g/mol. The lowest BCUT2D eigenvalue weighted by Crippen LogP contribution is -2.39. The number of hydrogen-bond acceptors (Lipinski definition) is 4. The van der Waals surface area contributed by atoms with E-state index in [0.717, 1.165) is 6.07 Å². The number of carbonyl (C=O) groups excluding carboxylic acids is 1. The normalized spacial score (nSPS) is 11.2. The lowest BCUT2D eigenvalue weighted by atomic mass is 10.1. The summed E-state index contributed by atoms with van der Waals surface area (Å²) in [5.74, 6) is -4.42. The van der Waals surface area contributed by atoms with Crippen LogP contribution in [-0.2, 0) is 0 Å². The molecule has 0 aliphatic heterocycles. The van der Waals surface area contributed by atoms with E-state index in [1.165, 1.54) is 12.1 Å². The van der Waals surface area contributed by atoms with Crippen LogP contribution in [-0.4, -0.2) is 35.2 Å². The number of amides is 1. The molecular formula is C10H12F2N2O3. The maximum absolute atomic E-state index is 12.7. The Bertz CT molecular complexity index is 424. The smallest absolute Gasteiger partial charge is 0.287 e. The number of hydrogen-bond donors (Lipinski definition) is 4. The maximum atomic E-state index is 12.7. The molecule has 0 aliphatic rings. The van der Waals surface area contributed by atoms with Gasteiger partial charge >= 0.3 is 0 Å². The zero-order valence-corrected chi connectivity index (χ0v) is 8.78. The molecule has 17 heavy (non-hydrogen) atoms. The summed E-state index contributed by atoms with van der Waals surface area (Å²) in [5, 5.41) is 19.4. The number of aliphatic hydroxyl groups is 1. The number of phenolic OH excluding ortho intramolecular Hbond substituents is 1. The summed E-state index contributed by atoms with van der Waals surface area (Å²) < 4.78 is 25.3. The van der Waals surface area contributed by atoms with E-state index in [2.05, 4.69) is 0 Å². The molecule has 0 bridgehead atoms. The standard InChI is InChI=1S/C10H12F2N2O3/c11-10(12,5-15)4-14-9(17)7-3-6(16)1-2-8(7)13/h1-3,15-16H,4-5,13H2,(H,14,17). The van der Waals surface area contributed by atoms with Crippen LogP contribution in [0.25, 0.3) is 0 Å². The summed E-state index contributed by atoms with van der Waals surface area (Å²) in [4.78, 5) is 11.5. The maximum Gasteiger partial charge on any atom is 0.287 e. The van der Waals surface area contributed by atoms with Crippen molar-refractivity contribution in [3.63, 3.8) is 0 Å². The minimum atomic E-state index is -3.39. The number of nitrogens with one attached hydrogen (secondary N) is 1. The zero-order valence-electron chi connectivity index (χ0n) is 8.78. The minimum absolute atomic E-state index is 0.0626. The van der Waals surface area contributed by atoms with Gasteiger partial charge in [-0.15, -0.1) is 0 Å². The molecular weight excluding hydrogens is 234 g/mol. The molecule has 0 radical (unpaired) electrons. The molecule has 0 heterocycles. The fourth-order valence-corrected chi connectivity index (χ4v) is 1.10. The Balaban J connectivity index is 2.74. The highest BCUT2D eigenvalue weighted by molar-refractivity contribution is 5.99. The lowest BCUT2D eigenvalue weighted by Gasteiger charge is -2.14. The third-order valence-electron chi connectivity index (χ3n) is 2.02. The number of nitrogens with two attached hydrogens (primary N) is 1. The number of halogens is 2. The van der Waals surface area contributed by atoms with Gasteiger partial charge in [0.15, 0.2) is 0 Å². The van der Waals surface area contributed by atoms with Crippen molar-refractivity contribution in [1.29, 1.82) is 0 Å². The van der Waals surface area contributed by atoms with E-state index in [4.69, 9.17) is 15.9 Å². The Morgan fingerprint density at radius 2 is 2.12 bits per heavy atom. The first-order chi connectivity index (χ1) is 7.85. The van der Waals surface area contributed by atoms with Crippen LogP contribution < -0.4 is 11.1 Å². The molecule has 1 amide bonds. The zero-order chi connectivity index (χ0) is 13.1. The van der Waals surface area contributed by atoms with E-state index < -0.39 is 25.0 Å². The van der Waals surface area contributed by atoms with Gasteiger partial charge in [0.2, 0.25) is 0 Å². The summed E-state index contributed by atoms with van der Waals surface area (Å²) in [6, 6.07) is 3.63. The van der Waals surface area contributed by atoms with Crippen LogP contribution in [0, 0.1) is 0 Å². The second-order valence-electron chi connectivity index (χ2n) is 3.47. The van der Waals surface area contributed by atoms with Crippen molar-refractivity contribution in [2.24, 2.45) is 0 Å². The minimum Gasteiger partial charge on any atom is -0.508 e. The van der Waals surface area contributed by atoms with Crippen LogP contribution >= 0.6 is 0 Å². The molecule has 0 saturated carbocycles. The highest BCUT2D eigenvalue weighted by Crippen LogP contribution is 2.18. The van der Waals surface area contributed by atoms with Gasteiger partial charge in [0.05, 0.1) is 12.1 Å². The van der Waals surface area contributed by atoms with E-state index in [1.807, 2.05) is 5.32 Å². The van der Waals surface area contributed by atoms with Crippen molar-refractivity contribution < 1.29 is 23.8 Å². The summed E-state index contributed by atoms with van der Waals surface area (Å²) >= 11 is 0. The monoisotopic (exact) mass is 246 g/mol. The molecule has 1 aromatic rings. The fraction of sp³-hybridized carbons (Fsp3) is 0.300. The summed E-state index contributed by atoms with van der Waals surface area (Å²) in [6.45, 7) is -2.36. The number of alkyl halides is 2. The average Bonchev–Trinajstić information content (AvgIpc) is 2.29. The number of rotatable bonds is 4. The van der Waals surface area contributed by atoms with Crippen LogP contribution in [0.4, 0.5) is 14.5 Å². The van der Waals surface area contributed by atoms with Gasteiger partial charge in [-0.2, -0.15) is 0 Å². The van der Waals surface area contributed by atoms with Crippen molar-refractivity contribution >= 4 is 11.6 Å². The van der Waals surface area contributed by atoms with Gasteiger partial charge < -0.3 is 21.3 Å². The molecule has 0 saturated heterocycles. The number of aliphatic hydroxyl groups excluding tert-OH is 1. The summed E-state index contributed by atoms with van der Waals surface area (Å²) in [6.07, 6.45) is 0. The number of anilines is 1. The number of aromatic hydroxyl groups is 1. The molecule has 0 atom stereocenters. The molecule has 1 aromatic carbocycles. The highest BCUT2D eigenvalue weighted by Gasteiger charge is 2.28. The molecule has 0 unspecified atom stereocenters. The van der Waals surface area contributed by atoms with Gasteiger partial charge in [-0.05, 0) is 18.2 Å². The molecule has 0 aliphatic carbocycles.